The van der Waals surface area contributed by atoms with Gasteiger partial charge >= 0.3 is 0 Å². The van der Waals surface area contributed by atoms with Crippen LogP contribution in [0.5, 0.6) is 0 Å². The summed E-state index contributed by atoms with van der Waals surface area (Å²) in [6.45, 7) is 2.15. The maximum atomic E-state index is 12.9. The van der Waals surface area contributed by atoms with Crippen LogP contribution in [-0.2, 0) is 6.54 Å². The van der Waals surface area contributed by atoms with Crippen LogP contribution < -0.4 is 5.32 Å². The molecule has 1 aromatic heterocycles. The van der Waals surface area contributed by atoms with E-state index in [2.05, 4.69) is 10.3 Å². The molecule has 0 aliphatic heterocycles. The Hall–Kier alpha value is -2.23. The molecule has 0 fully saturated rings. The second-order valence-corrected chi connectivity index (χ2v) is 4.00. The number of aryl methyl sites for hydroxylation is 1. The summed E-state index contributed by atoms with van der Waals surface area (Å²) in [5.41, 5.74) is 2.08. The van der Waals surface area contributed by atoms with E-state index in [0.717, 1.165) is 11.3 Å². The molecule has 1 N–H and O–H groups in total. The molecule has 0 atom stereocenters. The Morgan fingerprint density at radius 2 is 2.17 bits per heavy atom. The first-order valence-corrected chi connectivity index (χ1v) is 5.60. The number of benzene rings is 1. The third-order valence-electron chi connectivity index (χ3n) is 2.52. The third kappa shape index (κ3) is 3.13. The first-order chi connectivity index (χ1) is 8.65. The van der Waals surface area contributed by atoms with Crippen LogP contribution in [0.15, 0.2) is 42.6 Å². The van der Waals surface area contributed by atoms with Gasteiger partial charge in [-0.25, -0.2) is 4.39 Å². The predicted molar refractivity (Wildman–Crippen MR) is 66.5 cm³/mol. The molecule has 2 aromatic rings. The van der Waals surface area contributed by atoms with Crippen molar-refractivity contribution in [1.82, 2.24) is 10.3 Å². The SMILES string of the molecule is Cc1ccc(C(=O)NCc2cccc(F)c2)cn1. The molecule has 0 saturated carbocycles. The Bertz CT molecular complexity index is 552. The Labute approximate surface area is 105 Å². The van der Waals surface area contributed by atoms with Gasteiger partial charge in [-0.05, 0) is 36.8 Å². The summed E-state index contributed by atoms with van der Waals surface area (Å²) in [7, 11) is 0. The zero-order valence-corrected chi connectivity index (χ0v) is 9.98. The number of amides is 1. The Morgan fingerprint density at radius 1 is 1.33 bits per heavy atom. The average Bonchev–Trinajstić information content (AvgIpc) is 2.37. The number of halogens is 1. The Kier molecular flexibility index (Phi) is 3.67. The topological polar surface area (TPSA) is 42.0 Å². The number of pyridine rings is 1. The van der Waals surface area contributed by atoms with Gasteiger partial charge in [0.05, 0.1) is 5.56 Å². The third-order valence-corrected chi connectivity index (χ3v) is 2.52. The number of rotatable bonds is 3. The lowest BCUT2D eigenvalue weighted by molar-refractivity contribution is 0.0950. The van der Waals surface area contributed by atoms with Crippen molar-refractivity contribution < 1.29 is 9.18 Å². The summed E-state index contributed by atoms with van der Waals surface area (Å²) in [4.78, 5) is 15.8. The lowest BCUT2D eigenvalue weighted by Crippen LogP contribution is -2.22. The van der Waals surface area contributed by atoms with Crippen molar-refractivity contribution >= 4 is 5.91 Å². The van der Waals surface area contributed by atoms with Crippen molar-refractivity contribution in [2.75, 3.05) is 0 Å². The number of hydrogen-bond acceptors (Lipinski definition) is 2. The molecule has 0 saturated heterocycles. The van der Waals surface area contributed by atoms with E-state index in [1.165, 1.54) is 18.3 Å². The van der Waals surface area contributed by atoms with Crippen LogP contribution in [0.4, 0.5) is 4.39 Å². The van der Waals surface area contributed by atoms with Gasteiger partial charge in [0.15, 0.2) is 0 Å². The summed E-state index contributed by atoms with van der Waals surface area (Å²) < 4.78 is 12.9. The molecule has 0 bridgehead atoms. The fourth-order valence-electron chi connectivity index (χ4n) is 1.53. The molecule has 0 radical (unpaired) electrons. The van der Waals surface area contributed by atoms with E-state index in [0.29, 0.717) is 12.1 Å². The van der Waals surface area contributed by atoms with Gasteiger partial charge in [-0.2, -0.15) is 0 Å². The average molecular weight is 244 g/mol. The quantitative estimate of drug-likeness (QED) is 0.901. The highest BCUT2D eigenvalue weighted by molar-refractivity contribution is 5.93. The molecular weight excluding hydrogens is 231 g/mol. The summed E-state index contributed by atoms with van der Waals surface area (Å²) in [6.07, 6.45) is 1.52. The zero-order chi connectivity index (χ0) is 13.0. The smallest absolute Gasteiger partial charge is 0.253 e. The standard InChI is InChI=1S/C14H13FN2O/c1-10-5-6-12(9-16-10)14(18)17-8-11-3-2-4-13(15)7-11/h2-7,9H,8H2,1H3,(H,17,18). The summed E-state index contributed by atoms with van der Waals surface area (Å²) in [5.74, 6) is -0.523. The monoisotopic (exact) mass is 244 g/mol. The molecule has 1 heterocycles. The maximum absolute atomic E-state index is 12.9. The lowest BCUT2D eigenvalue weighted by atomic mass is 10.2. The molecular formula is C14H13FN2O. The van der Waals surface area contributed by atoms with Crippen LogP contribution in [0.3, 0.4) is 0 Å². The van der Waals surface area contributed by atoms with Crippen LogP contribution in [-0.4, -0.2) is 10.9 Å². The molecule has 0 aliphatic carbocycles. The fourth-order valence-corrected chi connectivity index (χ4v) is 1.53. The normalized spacial score (nSPS) is 10.1. The second-order valence-electron chi connectivity index (χ2n) is 4.00. The first-order valence-electron chi connectivity index (χ1n) is 5.60. The first kappa shape index (κ1) is 12.2. The van der Waals surface area contributed by atoms with E-state index in [-0.39, 0.29) is 11.7 Å². The molecule has 2 rings (SSSR count). The zero-order valence-electron chi connectivity index (χ0n) is 9.98. The number of nitrogens with zero attached hydrogens (tertiary/aromatic N) is 1. The molecule has 92 valence electrons. The molecule has 1 amide bonds. The van der Waals surface area contributed by atoms with Crippen molar-refractivity contribution in [2.24, 2.45) is 0 Å². The summed E-state index contributed by atoms with van der Waals surface area (Å²) >= 11 is 0. The highest BCUT2D eigenvalue weighted by Gasteiger charge is 2.05. The molecule has 3 nitrogen and oxygen atoms in total. The highest BCUT2D eigenvalue weighted by Crippen LogP contribution is 2.04. The van der Waals surface area contributed by atoms with Crippen molar-refractivity contribution in [1.29, 1.82) is 0 Å². The highest BCUT2D eigenvalue weighted by atomic mass is 19.1. The van der Waals surface area contributed by atoms with Crippen molar-refractivity contribution in [3.8, 4) is 0 Å². The number of carbonyl (C=O) groups excluding carboxylic acids is 1. The second kappa shape index (κ2) is 5.40. The van der Waals surface area contributed by atoms with Gasteiger partial charge < -0.3 is 5.32 Å². The number of nitrogens with one attached hydrogen (secondary N) is 1. The minimum atomic E-state index is -0.307. The van der Waals surface area contributed by atoms with E-state index in [1.807, 2.05) is 6.92 Å². The van der Waals surface area contributed by atoms with Crippen LogP contribution in [0.1, 0.15) is 21.6 Å². The minimum Gasteiger partial charge on any atom is -0.348 e. The van der Waals surface area contributed by atoms with E-state index < -0.39 is 0 Å². The Balaban J connectivity index is 1.98. The fraction of sp³-hybridized carbons (Fsp3) is 0.143. The van der Waals surface area contributed by atoms with Crippen molar-refractivity contribution in [2.45, 2.75) is 13.5 Å². The van der Waals surface area contributed by atoms with Gasteiger partial charge in [0.1, 0.15) is 5.82 Å². The van der Waals surface area contributed by atoms with E-state index >= 15 is 0 Å². The molecule has 18 heavy (non-hydrogen) atoms. The van der Waals surface area contributed by atoms with Gasteiger partial charge in [-0.3, -0.25) is 9.78 Å². The Morgan fingerprint density at radius 3 is 2.83 bits per heavy atom. The predicted octanol–water partition coefficient (Wildman–Crippen LogP) is 2.46. The molecule has 4 heteroatoms. The van der Waals surface area contributed by atoms with Crippen LogP contribution in [0.2, 0.25) is 0 Å². The minimum absolute atomic E-state index is 0.216. The maximum Gasteiger partial charge on any atom is 0.253 e. The summed E-state index contributed by atoms with van der Waals surface area (Å²) in [5, 5.41) is 2.72. The van der Waals surface area contributed by atoms with Crippen molar-refractivity contribution in [3.05, 3.63) is 65.2 Å². The van der Waals surface area contributed by atoms with Crippen molar-refractivity contribution in [3.63, 3.8) is 0 Å². The molecule has 0 aliphatic rings. The van der Waals surface area contributed by atoms with E-state index in [1.54, 1.807) is 24.3 Å². The largest absolute Gasteiger partial charge is 0.348 e. The van der Waals surface area contributed by atoms with Gasteiger partial charge in [0, 0.05) is 18.4 Å². The molecule has 1 aromatic carbocycles. The molecule has 0 spiro atoms. The number of hydrogen-bond donors (Lipinski definition) is 1. The van der Waals surface area contributed by atoms with Crippen LogP contribution in [0, 0.1) is 12.7 Å². The summed E-state index contributed by atoms with van der Waals surface area (Å²) in [6, 6.07) is 9.63. The van der Waals surface area contributed by atoms with Gasteiger partial charge in [-0.15, -0.1) is 0 Å². The lowest BCUT2D eigenvalue weighted by Gasteiger charge is -2.05. The van der Waals surface area contributed by atoms with Gasteiger partial charge in [-0.1, -0.05) is 12.1 Å². The number of carbonyl (C=O) groups is 1. The van der Waals surface area contributed by atoms with Crippen LogP contribution >= 0.6 is 0 Å². The van der Waals surface area contributed by atoms with Gasteiger partial charge in [0.2, 0.25) is 0 Å². The van der Waals surface area contributed by atoms with E-state index in [9.17, 15) is 9.18 Å². The van der Waals surface area contributed by atoms with Crippen LogP contribution in [0.25, 0.3) is 0 Å². The van der Waals surface area contributed by atoms with E-state index in [4.69, 9.17) is 0 Å². The van der Waals surface area contributed by atoms with Gasteiger partial charge in [0.25, 0.3) is 5.91 Å². The number of aromatic nitrogens is 1. The molecule has 0 unspecified atom stereocenters.